The van der Waals surface area contributed by atoms with Gasteiger partial charge in [0.25, 0.3) is 0 Å². The van der Waals surface area contributed by atoms with E-state index < -0.39 is 15.9 Å². The van der Waals surface area contributed by atoms with E-state index in [1.807, 2.05) is 13.0 Å². The van der Waals surface area contributed by atoms with Crippen molar-refractivity contribution in [3.05, 3.63) is 29.8 Å². The molecule has 1 N–H and O–H groups in total. The monoisotopic (exact) mass is 272 g/mol. The van der Waals surface area contributed by atoms with Crippen LogP contribution in [0.25, 0.3) is 0 Å². The highest BCUT2D eigenvalue weighted by atomic mass is 32.2. The SMILES string of the molecule is CCCS(=O)(=O)CCOc1ccccc1[C@H](C)O. The molecule has 0 aliphatic carbocycles. The first kappa shape index (κ1) is 15.0. The quantitative estimate of drug-likeness (QED) is 0.824. The summed E-state index contributed by atoms with van der Waals surface area (Å²) in [6.45, 7) is 3.60. The number of rotatable bonds is 7. The predicted molar refractivity (Wildman–Crippen MR) is 71.5 cm³/mol. The maximum absolute atomic E-state index is 11.5. The molecule has 4 nitrogen and oxygen atoms in total. The van der Waals surface area contributed by atoms with Gasteiger partial charge in [-0.25, -0.2) is 8.42 Å². The summed E-state index contributed by atoms with van der Waals surface area (Å²) in [5.74, 6) is 0.739. The van der Waals surface area contributed by atoms with E-state index in [1.165, 1.54) is 0 Å². The van der Waals surface area contributed by atoms with Crippen LogP contribution in [0.2, 0.25) is 0 Å². The number of aliphatic hydroxyl groups excluding tert-OH is 1. The minimum atomic E-state index is -3.02. The highest BCUT2D eigenvalue weighted by Gasteiger charge is 2.12. The number of ether oxygens (including phenoxy) is 1. The van der Waals surface area contributed by atoms with Crippen LogP contribution in [0.4, 0.5) is 0 Å². The van der Waals surface area contributed by atoms with E-state index in [2.05, 4.69) is 0 Å². The second-order valence-electron chi connectivity index (χ2n) is 4.21. The zero-order valence-corrected chi connectivity index (χ0v) is 11.6. The number of para-hydroxylation sites is 1. The first-order valence-corrected chi connectivity index (χ1v) is 7.88. The summed E-state index contributed by atoms with van der Waals surface area (Å²) in [5.41, 5.74) is 0.672. The molecule has 102 valence electrons. The number of hydrogen-bond donors (Lipinski definition) is 1. The summed E-state index contributed by atoms with van der Waals surface area (Å²) >= 11 is 0. The van der Waals surface area contributed by atoms with E-state index in [-0.39, 0.29) is 18.1 Å². The van der Waals surface area contributed by atoms with E-state index >= 15 is 0 Å². The first-order valence-electron chi connectivity index (χ1n) is 6.06. The molecule has 0 bridgehead atoms. The minimum Gasteiger partial charge on any atom is -0.492 e. The summed E-state index contributed by atoms with van der Waals surface area (Å²) in [5, 5.41) is 9.55. The molecule has 0 aliphatic rings. The summed E-state index contributed by atoms with van der Waals surface area (Å²) in [6.07, 6.45) is -0.0134. The van der Waals surface area contributed by atoms with Gasteiger partial charge in [-0.15, -0.1) is 0 Å². The molecule has 0 aromatic heterocycles. The number of hydrogen-bond acceptors (Lipinski definition) is 4. The molecular formula is C13H20O4S. The highest BCUT2D eigenvalue weighted by Crippen LogP contribution is 2.24. The second-order valence-corrected chi connectivity index (χ2v) is 6.52. The van der Waals surface area contributed by atoms with Gasteiger partial charge in [0.1, 0.15) is 12.4 Å². The Morgan fingerprint density at radius 2 is 1.94 bits per heavy atom. The molecule has 0 saturated carbocycles. The molecule has 1 aromatic carbocycles. The van der Waals surface area contributed by atoms with Gasteiger partial charge < -0.3 is 9.84 Å². The molecule has 1 aromatic rings. The Kier molecular flexibility index (Phi) is 5.62. The first-order chi connectivity index (χ1) is 8.46. The van der Waals surface area contributed by atoms with Crippen molar-refractivity contribution in [1.82, 2.24) is 0 Å². The molecule has 0 radical (unpaired) electrons. The van der Waals surface area contributed by atoms with E-state index in [4.69, 9.17) is 4.74 Å². The molecule has 0 unspecified atom stereocenters. The molecule has 0 spiro atoms. The Labute approximate surface area is 109 Å². The van der Waals surface area contributed by atoms with Gasteiger partial charge in [0.2, 0.25) is 0 Å². The molecule has 1 rings (SSSR count). The predicted octanol–water partition coefficient (Wildman–Crippen LogP) is 1.94. The van der Waals surface area contributed by atoms with Gasteiger partial charge in [0, 0.05) is 5.56 Å². The Morgan fingerprint density at radius 3 is 2.56 bits per heavy atom. The van der Waals surface area contributed by atoms with Gasteiger partial charge >= 0.3 is 0 Å². The van der Waals surface area contributed by atoms with Crippen LogP contribution in [0.1, 0.15) is 31.9 Å². The Hall–Kier alpha value is -1.07. The van der Waals surface area contributed by atoms with Gasteiger partial charge in [-0.05, 0) is 19.4 Å². The fraction of sp³-hybridized carbons (Fsp3) is 0.538. The van der Waals surface area contributed by atoms with Crippen LogP contribution in [0.5, 0.6) is 5.75 Å². The Morgan fingerprint density at radius 1 is 1.28 bits per heavy atom. The van der Waals surface area contributed by atoms with Crippen LogP contribution < -0.4 is 4.74 Å². The zero-order valence-electron chi connectivity index (χ0n) is 10.8. The Balaban J connectivity index is 2.59. The van der Waals surface area contributed by atoms with Crippen LogP contribution in [-0.4, -0.2) is 31.6 Å². The third-order valence-electron chi connectivity index (χ3n) is 2.54. The van der Waals surface area contributed by atoms with Crippen molar-refractivity contribution in [3.8, 4) is 5.75 Å². The number of sulfone groups is 1. The van der Waals surface area contributed by atoms with Crippen molar-refractivity contribution < 1.29 is 18.3 Å². The number of benzene rings is 1. The molecule has 0 amide bonds. The van der Waals surface area contributed by atoms with E-state index in [1.54, 1.807) is 25.1 Å². The molecule has 0 saturated heterocycles. The molecule has 0 fully saturated rings. The fourth-order valence-electron chi connectivity index (χ4n) is 1.65. The van der Waals surface area contributed by atoms with Gasteiger partial charge in [-0.1, -0.05) is 25.1 Å². The summed E-state index contributed by atoms with van der Waals surface area (Å²) in [7, 11) is -3.02. The lowest BCUT2D eigenvalue weighted by molar-refractivity contribution is 0.192. The van der Waals surface area contributed by atoms with Crippen molar-refractivity contribution in [1.29, 1.82) is 0 Å². The molecular weight excluding hydrogens is 252 g/mol. The normalized spacial score (nSPS) is 13.3. The van der Waals surface area contributed by atoms with Gasteiger partial charge in [-0.3, -0.25) is 0 Å². The van der Waals surface area contributed by atoms with E-state index in [0.29, 0.717) is 17.7 Å². The van der Waals surface area contributed by atoms with Crippen LogP contribution in [0, 0.1) is 0 Å². The third-order valence-corrected chi connectivity index (χ3v) is 4.36. The lowest BCUT2D eigenvalue weighted by Crippen LogP contribution is -2.17. The van der Waals surface area contributed by atoms with Crippen LogP contribution in [0.3, 0.4) is 0 Å². The molecule has 5 heteroatoms. The average Bonchev–Trinajstić information content (AvgIpc) is 2.29. The maximum atomic E-state index is 11.5. The largest absolute Gasteiger partial charge is 0.492 e. The van der Waals surface area contributed by atoms with Crippen molar-refractivity contribution in [2.24, 2.45) is 0 Å². The standard InChI is InChI=1S/C13H20O4S/c1-3-9-18(15,16)10-8-17-13-7-5-4-6-12(13)11(2)14/h4-7,11,14H,3,8-10H2,1-2H3/t11-/m0/s1. The zero-order chi connectivity index (χ0) is 13.6. The van der Waals surface area contributed by atoms with Crippen LogP contribution >= 0.6 is 0 Å². The molecule has 0 aliphatic heterocycles. The second kappa shape index (κ2) is 6.75. The maximum Gasteiger partial charge on any atom is 0.153 e. The van der Waals surface area contributed by atoms with Crippen molar-refractivity contribution in [2.75, 3.05) is 18.1 Å². The summed E-state index contributed by atoms with van der Waals surface area (Å²) in [6, 6.07) is 7.10. The van der Waals surface area contributed by atoms with Gasteiger partial charge in [-0.2, -0.15) is 0 Å². The van der Waals surface area contributed by atoms with Crippen LogP contribution in [0.15, 0.2) is 24.3 Å². The lowest BCUT2D eigenvalue weighted by atomic mass is 10.1. The summed E-state index contributed by atoms with van der Waals surface area (Å²) < 4.78 is 28.5. The molecule has 0 heterocycles. The molecule has 1 atom stereocenters. The molecule has 18 heavy (non-hydrogen) atoms. The summed E-state index contributed by atoms with van der Waals surface area (Å²) in [4.78, 5) is 0. The van der Waals surface area contributed by atoms with Gasteiger partial charge in [0.15, 0.2) is 9.84 Å². The fourth-order valence-corrected chi connectivity index (χ4v) is 2.81. The average molecular weight is 272 g/mol. The van der Waals surface area contributed by atoms with Gasteiger partial charge in [0.05, 0.1) is 17.6 Å². The van der Waals surface area contributed by atoms with Crippen LogP contribution in [-0.2, 0) is 9.84 Å². The minimum absolute atomic E-state index is 0.00891. The number of aliphatic hydroxyl groups is 1. The Bertz CT molecular complexity index is 466. The van der Waals surface area contributed by atoms with Crippen molar-refractivity contribution >= 4 is 9.84 Å². The van der Waals surface area contributed by atoms with E-state index in [0.717, 1.165) is 0 Å². The van der Waals surface area contributed by atoms with Crippen molar-refractivity contribution in [3.63, 3.8) is 0 Å². The lowest BCUT2D eigenvalue weighted by Gasteiger charge is -2.13. The van der Waals surface area contributed by atoms with Crippen molar-refractivity contribution in [2.45, 2.75) is 26.4 Å². The highest BCUT2D eigenvalue weighted by molar-refractivity contribution is 7.91. The smallest absolute Gasteiger partial charge is 0.153 e. The topological polar surface area (TPSA) is 63.6 Å². The third kappa shape index (κ3) is 4.66. The van der Waals surface area contributed by atoms with E-state index in [9.17, 15) is 13.5 Å².